The molecule has 2 aliphatic heterocycles. The molecule has 0 amide bonds. The summed E-state index contributed by atoms with van der Waals surface area (Å²) < 4.78 is 0. The highest BCUT2D eigenvalue weighted by atomic mass is 32.2. The highest BCUT2D eigenvalue weighted by molar-refractivity contribution is 7.96. The summed E-state index contributed by atoms with van der Waals surface area (Å²) >= 11 is 0. The Morgan fingerprint density at radius 1 is 0.576 bits per heavy atom. The molecule has 5 aliphatic rings. The lowest BCUT2D eigenvalue weighted by Crippen LogP contribution is -2.52. The van der Waals surface area contributed by atoms with Crippen LogP contribution in [0.2, 0.25) is 0 Å². The third-order valence-corrected chi connectivity index (χ3v) is 14.2. The van der Waals surface area contributed by atoms with Crippen molar-refractivity contribution in [2.75, 3.05) is 23.0 Å². The Hall–Kier alpha value is -1.64. The van der Waals surface area contributed by atoms with Crippen LogP contribution in [0, 0.1) is 0 Å². The summed E-state index contributed by atoms with van der Waals surface area (Å²) in [6, 6.07) is 24.1. The first-order valence-electron chi connectivity index (χ1n) is 13.0. The van der Waals surface area contributed by atoms with Crippen LogP contribution in [-0.4, -0.2) is 23.0 Å². The lowest BCUT2D eigenvalue weighted by atomic mass is 9.43. The van der Waals surface area contributed by atoms with Crippen molar-refractivity contribution in [3.8, 4) is 0 Å². The van der Waals surface area contributed by atoms with Crippen LogP contribution in [0.1, 0.15) is 82.0 Å². The second kappa shape index (κ2) is 7.18. The molecule has 0 N–H and O–H groups in total. The van der Waals surface area contributed by atoms with E-state index < -0.39 is 0 Å². The predicted molar refractivity (Wildman–Crippen MR) is 144 cm³/mol. The van der Waals surface area contributed by atoms with Crippen molar-refractivity contribution in [2.24, 2.45) is 0 Å². The maximum Gasteiger partial charge on any atom is 0.133 e. The third-order valence-electron chi connectivity index (χ3n) is 9.34. The second-order valence-electron chi connectivity index (χ2n) is 10.9. The molecule has 166 valence electrons. The summed E-state index contributed by atoms with van der Waals surface area (Å²) in [5, 5.41) is 0. The van der Waals surface area contributed by atoms with Crippen molar-refractivity contribution < 1.29 is 0 Å². The number of benzene rings is 3. The Labute approximate surface area is 203 Å². The molecule has 3 aromatic rings. The van der Waals surface area contributed by atoms with Crippen LogP contribution in [0.15, 0.2) is 60.7 Å². The molecular weight excluding hydrogens is 436 g/mol. The normalized spacial score (nSPS) is 29.0. The molecule has 3 aromatic carbocycles. The van der Waals surface area contributed by atoms with Gasteiger partial charge in [-0.3, -0.25) is 0 Å². The van der Waals surface area contributed by atoms with Crippen LogP contribution in [0.5, 0.6) is 0 Å². The van der Waals surface area contributed by atoms with Crippen molar-refractivity contribution in [1.29, 1.82) is 0 Å². The quantitative estimate of drug-likeness (QED) is 0.389. The van der Waals surface area contributed by atoms with Crippen LogP contribution in [0.25, 0.3) is 0 Å². The van der Waals surface area contributed by atoms with Crippen LogP contribution in [-0.2, 0) is 38.7 Å². The number of hydrogen-bond donors (Lipinski definition) is 0. The molecule has 1 spiro atoms. The van der Waals surface area contributed by atoms with Gasteiger partial charge in [0, 0.05) is 28.4 Å². The minimum Gasteiger partial charge on any atom is -0.0620 e. The summed E-state index contributed by atoms with van der Waals surface area (Å²) in [4.78, 5) is 0. The Kier molecular flexibility index (Phi) is 4.28. The van der Waals surface area contributed by atoms with Crippen LogP contribution in [0.3, 0.4) is 0 Å². The maximum absolute atomic E-state index is 2.60. The SMILES string of the molecule is c1ccc2c(c1)C1c3c(C[S+]4CCCC4)ccc(C[S+]4CCCC4)c3C3c4ccccc4C213. The van der Waals surface area contributed by atoms with Gasteiger partial charge in [-0.25, -0.2) is 0 Å². The molecule has 8 rings (SSSR count). The van der Waals surface area contributed by atoms with Gasteiger partial charge in [0.15, 0.2) is 0 Å². The summed E-state index contributed by atoms with van der Waals surface area (Å²) in [5.41, 5.74) is 13.8. The Morgan fingerprint density at radius 2 is 1.00 bits per heavy atom. The lowest BCUT2D eigenvalue weighted by Gasteiger charge is -2.58. The Morgan fingerprint density at radius 3 is 1.45 bits per heavy atom. The van der Waals surface area contributed by atoms with Crippen molar-refractivity contribution in [3.05, 3.63) is 105 Å². The van der Waals surface area contributed by atoms with Crippen molar-refractivity contribution >= 4 is 21.8 Å². The van der Waals surface area contributed by atoms with Crippen LogP contribution >= 0.6 is 0 Å². The zero-order chi connectivity index (χ0) is 21.6. The molecule has 0 nitrogen and oxygen atoms in total. The summed E-state index contributed by atoms with van der Waals surface area (Å²) in [6.45, 7) is 0. The van der Waals surface area contributed by atoms with Gasteiger partial charge in [0.2, 0.25) is 0 Å². The van der Waals surface area contributed by atoms with Gasteiger partial charge >= 0.3 is 0 Å². The topological polar surface area (TPSA) is 0 Å². The van der Waals surface area contributed by atoms with Gasteiger partial charge in [0.1, 0.15) is 34.5 Å². The molecule has 2 fully saturated rings. The first kappa shape index (κ1) is 19.6. The first-order chi connectivity index (χ1) is 16.4. The molecular formula is C31H32S2+2. The van der Waals surface area contributed by atoms with E-state index in [9.17, 15) is 0 Å². The number of rotatable bonds is 4. The second-order valence-corrected chi connectivity index (χ2v) is 15.5. The lowest BCUT2D eigenvalue weighted by molar-refractivity contribution is 0.332. The van der Waals surface area contributed by atoms with Crippen LogP contribution in [0.4, 0.5) is 0 Å². The zero-order valence-corrected chi connectivity index (χ0v) is 20.9. The average molecular weight is 469 g/mol. The molecule has 2 atom stereocenters. The summed E-state index contributed by atoms with van der Waals surface area (Å²) in [6.07, 6.45) is 5.82. The minimum absolute atomic E-state index is 0.234. The number of hydrogen-bond acceptors (Lipinski definition) is 0. The fourth-order valence-corrected chi connectivity index (χ4v) is 12.9. The van der Waals surface area contributed by atoms with Gasteiger partial charge in [-0.15, -0.1) is 0 Å². The van der Waals surface area contributed by atoms with E-state index in [1.807, 2.05) is 0 Å². The molecule has 0 radical (unpaired) electrons. The zero-order valence-electron chi connectivity index (χ0n) is 19.3. The molecule has 0 aromatic heterocycles. The van der Waals surface area contributed by atoms with Gasteiger partial charge < -0.3 is 0 Å². The number of fused-ring (bicyclic) bond motifs is 7. The van der Waals surface area contributed by atoms with E-state index >= 15 is 0 Å². The molecule has 2 heteroatoms. The molecule has 0 bridgehead atoms. The van der Waals surface area contributed by atoms with Gasteiger partial charge in [0.25, 0.3) is 0 Å². The molecule has 2 saturated heterocycles. The van der Waals surface area contributed by atoms with Gasteiger partial charge in [-0.1, -0.05) is 60.7 Å². The van der Waals surface area contributed by atoms with Gasteiger partial charge in [-0.2, -0.15) is 0 Å². The molecule has 0 saturated carbocycles. The monoisotopic (exact) mass is 468 g/mol. The fourth-order valence-electron chi connectivity index (χ4n) is 8.10. The Bertz CT molecular complexity index is 1160. The highest BCUT2D eigenvalue weighted by Crippen LogP contribution is 2.77. The largest absolute Gasteiger partial charge is 0.133 e. The first-order valence-corrected chi connectivity index (χ1v) is 16.5. The predicted octanol–water partition coefficient (Wildman–Crippen LogP) is 6.40. The van der Waals surface area contributed by atoms with Crippen molar-refractivity contribution in [3.63, 3.8) is 0 Å². The standard InChI is InChI=1S/C31H32S2/c1-3-11-25-23(9-1)29-27-21(19-32-15-5-6-16-32)13-14-22(20-33-17-7-8-18-33)28(27)30-24-10-2-4-12-26(24)31(25,29)30/h1-4,9-14,29-30H,5-8,15-20H2/q+2. The molecule has 3 aliphatic carbocycles. The molecule has 2 unspecified atom stereocenters. The van der Waals surface area contributed by atoms with Crippen molar-refractivity contribution in [1.82, 2.24) is 0 Å². The van der Waals surface area contributed by atoms with E-state index in [4.69, 9.17) is 0 Å². The van der Waals surface area contributed by atoms with E-state index in [0.717, 1.165) is 0 Å². The highest BCUT2D eigenvalue weighted by Gasteiger charge is 2.70. The average Bonchev–Trinajstić information content (AvgIpc) is 3.56. The summed E-state index contributed by atoms with van der Waals surface area (Å²) in [5.74, 6) is 9.74. The van der Waals surface area contributed by atoms with E-state index in [1.54, 1.807) is 44.5 Å². The van der Waals surface area contributed by atoms with E-state index in [2.05, 4.69) is 60.7 Å². The molecule has 33 heavy (non-hydrogen) atoms. The summed E-state index contributed by atoms with van der Waals surface area (Å²) in [7, 11) is 1.21. The smallest absolute Gasteiger partial charge is 0.0620 e. The fraction of sp³-hybridized carbons (Fsp3) is 0.419. The third kappa shape index (κ3) is 2.47. The van der Waals surface area contributed by atoms with Gasteiger partial charge in [-0.05, 0) is 80.9 Å². The van der Waals surface area contributed by atoms with E-state index in [0.29, 0.717) is 33.6 Å². The van der Waals surface area contributed by atoms with E-state index in [1.165, 1.54) is 60.2 Å². The van der Waals surface area contributed by atoms with Crippen LogP contribution < -0.4 is 0 Å². The minimum atomic E-state index is 0.234. The van der Waals surface area contributed by atoms with Gasteiger partial charge in [0.05, 0.1) is 0 Å². The van der Waals surface area contributed by atoms with E-state index in [-0.39, 0.29) is 5.41 Å². The molecule has 2 heterocycles. The Balaban J connectivity index is 1.35. The maximum atomic E-state index is 2.60. The van der Waals surface area contributed by atoms with Crippen molar-refractivity contribution in [2.45, 2.75) is 54.4 Å².